The number of hydrogen-bond donors (Lipinski definition) is 1. The predicted molar refractivity (Wildman–Crippen MR) is 53.5 cm³/mol. The zero-order valence-electron chi connectivity index (χ0n) is 9.47. The smallest absolute Gasteiger partial charge is 0.367 e. The third kappa shape index (κ3) is 5.99. The average molecular weight is 227 g/mol. The Bertz CT molecular complexity index is 171. The molecule has 0 radical (unpaired) electrons. The minimum Gasteiger partial charge on any atom is -0.367 e. The van der Waals surface area contributed by atoms with Crippen LogP contribution >= 0.6 is 0 Å². The third-order valence-corrected chi connectivity index (χ3v) is 2.14. The summed E-state index contributed by atoms with van der Waals surface area (Å²) in [6.07, 6.45) is -4.42. The highest BCUT2D eigenvalue weighted by atomic mass is 19.4. The molecule has 0 saturated carbocycles. The lowest BCUT2D eigenvalue weighted by Crippen LogP contribution is -2.45. The minimum atomic E-state index is -4.37. The van der Waals surface area contributed by atoms with E-state index >= 15 is 0 Å². The maximum Gasteiger partial charge on any atom is 0.416 e. The molecule has 0 bridgehead atoms. The van der Waals surface area contributed by atoms with Crippen LogP contribution in [0.5, 0.6) is 0 Å². The van der Waals surface area contributed by atoms with Gasteiger partial charge < -0.3 is 10.5 Å². The molecule has 0 heterocycles. The Morgan fingerprint density at radius 1 is 1.27 bits per heavy atom. The Morgan fingerprint density at radius 2 is 1.80 bits per heavy atom. The second-order valence-corrected chi connectivity index (χ2v) is 4.05. The molecule has 0 aromatic carbocycles. The molecule has 0 aliphatic rings. The van der Waals surface area contributed by atoms with Crippen molar-refractivity contribution in [3.8, 4) is 0 Å². The molecule has 3 unspecified atom stereocenters. The summed E-state index contributed by atoms with van der Waals surface area (Å²) in [5.41, 5.74) is 5.24. The van der Waals surface area contributed by atoms with E-state index in [9.17, 15) is 13.2 Å². The molecule has 0 aromatic rings. The molecule has 0 aliphatic heterocycles. The van der Waals surface area contributed by atoms with Crippen LogP contribution in [0.2, 0.25) is 0 Å². The van der Waals surface area contributed by atoms with Crippen molar-refractivity contribution in [2.45, 2.75) is 51.9 Å². The SMILES string of the molecule is CCCC(C)COC(C(C)N)C(F)(F)F. The zero-order valence-corrected chi connectivity index (χ0v) is 9.47. The van der Waals surface area contributed by atoms with Gasteiger partial charge in [-0.05, 0) is 19.3 Å². The third-order valence-electron chi connectivity index (χ3n) is 2.14. The summed E-state index contributed by atoms with van der Waals surface area (Å²) in [7, 11) is 0. The van der Waals surface area contributed by atoms with E-state index in [2.05, 4.69) is 0 Å². The molecule has 5 heteroatoms. The highest BCUT2D eigenvalue weighted by Gasteiger charge is 2.43. The van der Waals surface area contributed by atoms with Crippen LogP contribution in [0.1, 0.15) is 33.6 Å². The molecule has 0 spiro atoms. The first-order valence-electron chi connectivity index (χ1n) is 5.22. The van der Waals surface area contributed by atoms with E-state index in [0.717, 1.165) is 12.8 Å². The van der Waals surface area contributed by atoms with Gasteiger partial charge in [0.15, 0.2) is 6.10 Å². The van der Waals surface area contributed by atoms with E-state index in [4.69, 9.17) is 10.5 Å². The summed E-state index contributed by atoms with van der Waals surface area (Å²) >= 11 is 0. The van der Waals surface area contributed by atoms with Crippen LogP contribution in [0.15, 0.2) is 0 Å². The zero-order chi connectivity index (χ0) is 12.1. The first kappa shape index (κ1) is 14.7. The van der Waals surface area contributed by atoms with Crippen molar-refractivity contribution < 1.29 is 17.9 Å². The monoisotopic (exact) mass is 227 g/mol. The molecule has 0 saturated heterocycles. The second-order valence-electron chi connectivity index (χ2n) is 4.05. The summed E-state index contributed by atoms with van der Waals surface area (Å²) < 4.78 is 42.0. The van der Waals surface area contributed by atoms with Crippen LogP contribution in [0.4, 0.5) is 13.2 Å². The van der Waals surface area contributed by atoms with Crippen molar-refractivity contribution in [3.05, 3.63) is 0 Å². The molecule has 92 valence electrons. The van der Waals surface area contributed by atoms with Crippen molar-refractivity contribution in [2.75, 3.05) is 6.61 Å². The first-order chi connectivity index (χ1) is 6.79. The summed E-state index contributed by atoms with van der Waals surface area (Å²) in [4.78, 5) is 0. The molecular formula is C10H20F3NO. The van der Waals surface area contributed by atoms with Gasteiger partial charge in [0.25, 0.3) is 0 Å². The Balaban J connectivity index is 4.09. The van der Waals surface area contributed by atoms with E-state index in [-0.39, 0.29) is 12.5 Å². The summed E-state index contributed by atoms with van der Waals surface area (Å²) in [5, 5.41) is 0. The fraction of sp³-hybridized carbons (Fsp3) is 1.00. The molecule has 0 aromatic heterocycles. The van der Waals surface area contributed by atoms with E-state index in [1.165, 1.54) is 6.92 Å². The van der Waals surface area contributed by atoms with Gasteiger partial charge in [-0.2, -0.15) is 13.2 Å². The quantitative estimate of drug-likeness (QED) is 0.757. The summed E-state index contributed by atoms with van der Waals surface area (Å²) in [6.45, 7) is 5.28. The normalized spacial score (nSPS) is 18.6. The number of nitrogens with two attached hydrogens (primary N) is 1. The molecule has 0 fully saturated rings. The fourth-order valence-electron chi connectivity index (χ4n) is 1.39. The second kappa shape index (κ2) is 6.33. The molecule has 0 amide bonds. The van der Waals surface area contributed by atoms with E-state index in [0.29, 0.717) is 0 Å². The van der Waals surface area contributed by atoms with Gasteiger partial charge in [-0.3, -0.25) is 0 Å². The first-order valence-corrected chi connectivity index (χ1v) is 5.22. The fourth-order valence-corrected chi connectivity index (χ4v) is 1.39. The lowest BCUT2D eigenvalue weighted by atomic mass is 10.1. The van der Waals surface area contributed by atoms with Crippen LogP contribution < -0.4 is 5.73 Å². The van der Waals surface area contributed by atoms with Gasteiger partial charge in [-0.15, -0.1) is 0 Å². The highest BCUT2D eigenvalue weighted by molar-refractivity contribution is 4.76. The van der Waals surface area contributed by atoms with E-state index in [1.54, 1.807) is 0 Å². The lowest BCUT2D eigenvalue weighted by molar-refractivity contribution is -0.227. The van der Waals surface area contributed by atoms with Gasteiger partial charge in [-0.25, -0.2) is 0 Å². The van der Waals surface area contributed by atoms with Gasteiger partial charge in [0, 0.05) is 6.04 Å². The van der Waals surface area contributed by atoms with Crippen LogP contribution in [-0.2, 0) is 4.74 Å². The summed E-state index contributed by atoms with van der Waals surface area (Å²) in [5.74, 6) is 0.138. The molecule has 0 aliphatic carbocycles. The Kier molecular flexibility index (Phi) is 6.20. The number of ether oxygens (including phenoxy) is 1. The average Bonchev–Trinajstić information content (AvgIpc) is 2.01. The largest absolute Gasteiger partial charge is 0.416 e. The van der Waals surface area contributed by atoms with Crippen molar-refractivity contribution in [1.82, 2.24) is 0 Å². The molecule has 3 atom stereocenters. The van der Waals surface area contributed by atoms with Gasteiger partial charge in [-0.1, -0.05) is 20.3 Å². The van der Waals surface area contributed by atoms with Crippen LogP contribution in [0.3, 0.4) is 0 Å². The highest BCUT2D eigenvalue weighted by Crippen LogP contribution is 2.25. The van der Waals surface area contributed by atoms with Crippen molar-refractivity contribution >= 4 is 0 Å². The Labute approximate surface area is 89.0 Å². The Hall–Kier alpha value is -0.290. The summed E-state index contributed by atoms with van der Waals surface area (Å²) in [6, 6.07) is -1.03. The number of halogens is 3. The molecule has 15 heavy (non-hydrogen) atoms. The topological polar surface area (TPSA) is 35.2 Å². The van der Waals surface area contributed by atoms with Crippen LogP contribution in [0.25, 0.3) is 0 Å². The Morgan fingerprint density at radius 3 is 2.13 bits per heavy atom. The van der Waals surface area contributed by atoms with E-state index in [1.807, 2.05) is 13.8 Å². The van der Waals surface area contributed by atoms with Crippen LogP contribution in [-0.4, -0.2) is 24.9 Å². The number of rotatable bonds is 6. The predicted octanol–water partition coefficient (Wildman–Crippen LogP) is 2.72. The maximum atomic E-state index is 12.4. The molecule has 2 nitrogen and oxygen atoms in total. The van der Waals surface area contributed by atoms with Gasteiger partial charge >= 0.3 is 6.18 Å². The van der Waals surface area contributed by atoms with Gasteiger partial charge in [0.1, 0.15) is 0 Å². The minimum absolute atomic E-state index is 0.111. The van der Waals surface area contributed by atoms with E-state index < -0.39 is 18.3 Å². The molecular weight excluding hydrogens is 207 g/mol. The van der Waals surface area contributed by atoms with Gasteiger partial charge in [0.05, 0.1) is 6.61 Å². The maximum absolute atomic E-state index is 12.4. The molecule has 0 rings (SSSR count). The van der Waals surface area contributed by atoms with Crippen molar-refractivity contribution in [2.24, 2.45) is 11.7 Å². The molecule has 2 N–H and O–H groups in total. The van der Waals surface area contributed by atoms with Gasteiger partial charge in [0.2, 0.25) is 0 Å². The standard InChI is InChI=1S/C10H20F3NO/c1-4-5-7(2)6-15-9(8(3)14)10(11,12)13/h7-9H,4-6,14H2,1-3H3. The van der Waals surface area contributed by atoms with Crippen LogP contribution in [0, 0.1) is 5.92 Å². The lowest BCUT2D eigenvalue weighted by Gasteiger charge is -2.25. The number of hydrogen-bond acceptors (Lipinski definition) is 2. The van der Waals surface area contributed by atoms with Crippen molar-refractivity contribution in [1.29, 1.82) is 0 Å². The number of alkyl halides is 3. The van der Waals surface area contributed by atoms with Crippen molar-refractivity contribution in [3.63, 3.8) is 0 Å².